The van der Waals surface area contributed by atoms with Crippen LogP contribution >= 0.6 is 34.5 Å². The summed E-state index contributed by atoms with van der Waals surface area (Å²) in [6.45, 7) is 1.89. The zero-order valence-electron chi connectivity index (χ0n) is 10.9. The Kier molecular flexibility index (Phi) is 4.52. The molecule has 0 bridgehead atoms. The van der Waals surface area contributed by atoms with E-state index in [1.165, 1.54) is 10.6 Å². The first-order valence-electron chi connectivity index (χ1n) is 5.88. The van der Waals surface area contributed by atoms with Gasteiger partial charge in [-0.3, -0.25) is 9.59 Å². The molecule has 1 N–H and O–H groups in total. The molecule has 0 aliphatic carbocycles. The van der Waals surface area contributed by atoms with Gasteiger partial charge in [0, 0.05) is 18.8 Å². The van der Waals surface area contributed by atoms with E-state index in [0.29, 0.717) is 31.9 Å². The van der Waals surface area contributed by atoms with E-state index in [2.05, 4.69) is 5.32 Å². The van der Waals surface area contributed by atoms with Crippen molar-refractivity contribution in [3.05, 3.63) is 48.5 Å². The minimum Gasteiger partial charge on any atom is -0.320 e. The van der Waals surface area contributed by atoms with Gasteiger partial charge in [-0.15, -0.1) is 11.3 Å². The monoisotopic (exact) mass is 330 g/mol. The first-order chi connectivity index (χ1) is 9.42. The zero-order chi connectivity index (χ0) is 14.9. The fourth-order valence-corrected chi connectivity index (χ4v) is 3.02. The quantitative estimate of drug-likeness (QED) is 0.935. The molecule has 0 aromatic carbocycles. The van der Waals surface area contributed by atoms with Crippen LogP contribution in [-0.4, -0.2) is 10.5 Å². The lowest BCUT2D eigenvalue weighted by Crippen LogP contribution is -2.22. The summed E-state index contributed by atoms with van der Waals surface area (Å²) in [5.41, 5.74) is 1.15. The van der Waals surface area contributed by atoms with E-state index < -0.39 is 0 Å². The van der Waals surface area contributed by atoms with E-state index >= 15 is 0 Å². The largest absolute Gasteiger partial charge is 0.320 e. The van der Waals surface area contributed by atoms with Crippen molar-refractivity contribution in [2.24, 2.45) is 7.05 Å². The van der Waals surface area contributed by atoms with Crippen molar-refractivity contribution < 1.29 is 4.79 Å². The third-order valence-corrected chi connectivity index (χ3v) is 4.63. The van der Waals surface area contributed by atoms with Crippen LogP contribution in [0.1, 0.15) is 22.2 Å². The topological polar surface area (TPSA) is 51.1 Å². The summed E-state index contributed by atoms with van der Waals surface area (Å²) in [6.07, 6.45) is 2.18. The minimum atomic E-state index is -0.301. The van der Waals surface area contributed by atoms with Crippen molar-refractivity contribution in [3.63, 3.8) is 0 Å². The maximum absolute atomic E-state index is 12.1. The van der Waals surface area contributed by atoms with Gasteiger partial charge in [-0.1, -0.05) is 30.1 Å². The molecule has 0 saturated carbocycles. The normalized spacial score (nSPS) is 10.6. The van der Waals surface area contributed by atoms with Crippen LogP contribution in [0, 0.1) is 0 Å². The van der Waals surface area contributed by atoms with Crippen LogP contribution in [0.3, 0.4) is 0 Å². The molecule has 2 aromatic heterocycles. The molecule has 0 saturated heterocycles. The second-order valence-electron chi connectivity index (χ2n) is 4.21. The number of anilines is 1. The maximum atomic E-state index is 12.1. The minimum absolute atomic E-state index is 0.0623. The summed E-state index contributed by atoms with van der Waals surface area (Å²) >= 11 is 12.8. The summed E-state index contributed by atoms with van der Waals surface area (Å²) in [6, 6.07) is 3.20. The summed E-state index contributed by atoms with van der Waals surface area (Å²) < 4.78 is 1.83. The highest BCUT2D eigenvalue weighted by molar-refractivity contribution is 7.18. The summed E-state index contributed by atoms with van der Waals surface area (Å²) in [7, 11) is 1.65. The Labute approximate surface area is 129 Å². The first-order valence-corrected chi connectivity index (χ1v) is 7.45. The number of aromatic nitrogens is 1. The highest BCUT2D eigenvalue weighted by Crippen LogP contribution is 2.31. The Morgan fingerprint density at radius 2 is 2.10 bits per heavy atom. The number of thiophene rings is 1. The number of halogens is 2. The number of pyridine rings is 1. The third kappa shape index (κ3) is 3.06. The number of nitrogens with one attached hydrogen (secondary N) is 1. The Hall–Kier alpha value is -1.30. The molecule has 2 heterocycles. The van der Waals surface area contributed by atoms with Gasteiger partial charge >= 0.3 is 0 Å². The number of aryl methyl sites for hydroxylation is 2. The van der Waals surface area contributed by atoms with Crippen molar-refractivity contribution in [2.45, 2.75) is 13.3 Å². The third-order valence-electron chi connectivity index (χ3n) is 2.77. The van der Waals surface area contributed by atoms with Gasteiger partial charge in [0.1, 0.15) is 4.34 Å². The lowest BCUT2D eigenvalue weighted by atomic mass is 10.2. The van der Waals surface area contributed by atoms with Gasteiger partial charge in [0.2, 0.25) is 0 Å². The van der Waals surface area contributed by atoms with Gasteiger partial charge in [0.25, 0.3) is 11.5 Å². The predicted octanol–water partition coefficient (Wildman–Crippen LogP) is 3.57. The van der Waals surface area contributed by atoms with E-state index in [0.717, 1.165) is 11.3 Å². The van der Waals surface area contributed by atoms with Gasteiger partial charge in [0.05, 0.1) is 15.6 Å². The van der Waals surface area contributed by atoms with Crippen LogP contribution in [0.5, 0.6) is 0 Å². The van der Waals surface area contributed by atoms with Gasteiger partial charge in [0.15, 0.2) is 0 Å². The van der Waals surface area contributed by atoms with Crippen molar-refractivity contribution in [2.75, 3.05) is 5.32 Å². The molecule has 2 aromatic rings. The Balaban J connectivity index is 2.28. The van der Waals surface area contributed by atoms with Gasteiger partial charge in [-0.25, -0.2) is 0 Å². The van der Waals surface area contributed by atoms with Crippen LogP contribution in [0.2, 0.25) is 9.36 Å². The number of carbonyl (C=O) groups is 1. The lowest BCUT2D eigenvalue weighted by molar-refractivity contribution is 0.103. The van der Waals surface area contributed by atoms with Gasteiger partial charge < -0.3 is 9.88 Å². The summed E-state index contributed by atoms with van der Waals surface area (Å²) in [5.74, 6) is -0.301. The van der Waals surface area contributed by atoms with Crippen molar-refractivity contribution >= 4 is 46.1 Å². The SMILES string of the molecule is CCc1cc(NC(=O)c2cc(Cl)c(Cl)s2)cn(C)c1=O. The molecular weight excluding hydrogens is 319 g/mol. The summed E-state index contributed by atoms with van der Waals surface area (Å²) in [4.78, 5) is 24.3. The molecule has 0 radical (unpaired) electrons. The standard InChI is InChI=1S/C13H12Cl2N2O2S/c1-3-7-4-8(6-17(2)13(7)19)16-12(18)10-5-9(14)11(15)20-10/h4-6H,3H2,1-2H3,(H,16,18). The molecule has 0 aliphatic heterocycles. The van der Waals surface area contributed by atoms with Crippen LogP contribution in [0.25, 0.3) is 0 Å². The van der Waals surface area contributed by atoms with Crippen molar-refractivity contribution in [1.29, 1.82) is 0 Å². The van der Waals surface area contributed by atoms with E-state index in [-0.39, 0.29) is 11.5 Å². The number of carbonyl (C=O) groups excluding carboxylic acids is 1. The molecule has 4 nitrogen and oxygen atoms in total. The molecule has 1 amide bonds. The fourth-order valence-electron chi connectivity index (χ4n) is 1.75. The fraction of sp³-hybridized carbons (Fsp3) is 0.231. The summed E-state index contributed by atoms with van der Waals surface area (Å²) in [5, 5.41) is 3.09. The highest BCUT2D eigenvalue weighted by Gasteiger charge is 2.13. The molecule has 20 heavy (non-hydrogen) atoms. The molecule has 0 atom stereocenters. The molecule has 2 rings (SSSR count). The lowest BCUT2D eigenvalue weighted by Gasteiger charge is -2.08. The number of amides is 1. The van der Waals surface area contributed by atoms with E-state index in [1.54, 1.807) is 19.3 Å². The Morgan fingerprint density at radius 1 is 1.40 bits per heavy atom. The average Bonchev–Trinajstić information content (AvgIpc) is 2.74. The molecular formula is C13H12Cl2N2O2S. The Bertz CT molecular complexity index is 702. The molecule has 7 heteroatoms. The number of hydrogen-bond donors (Lipinski definition) is 1. The molecule has 0 aliphatic rings. The molecule has 0 spiro atoms. The second kappa shape index (κ2) is 5.99. The van der Waals surface area contributed by atoms with E-state index in [4.69, 9.17) is 23.2 Å². The average molecular weight is 331 g/mol. The van der Waals surface area contributed by atoms with Crippen LogP contribution in [-0.2, 0) is 13.5 Å². The van der Waals surface area contributed by atoms with Crippen molar-refractivity contribution in [3.8, 4) is 0 Å². The zero-order valence-corrected chi connectivity index (χ0v) is 13.2. The van der Waals surface area contributed by atoms with Crippen molar-refractivity contribution in [1.82, 2.24) is 4.57 Å². The smallest absolute Gasteiger partial charge is 0.265 e. The number of nitrogens with zero attached hydrogens (tertiary/aromatic N) is 1. The second-order valence-corrected chi connectivity index (χ2v) is 6.27. The first kappa shape index (κ1) is 15.1. The molecule has 0 fully saturated rings. The number of rotatable bonds is 3. The Morgan fingerprint density at radius 3 is 2.65 bits per heavy atom. The molecule has 0 unspecified atom stereocenters. The van der Waals surface area contributed by atoms with E-state index in [1.807, 2.05) is 6.92 Å². The molecule has 106 valence electrons. The highest BCUT2D eigenvalue weighted by atomic mass is 35.5. The van der Waals surface area contributed by atoms with Crippen LogP contribution in [0.4, 0.5) is 5.69 Å². The van der Waals surface area contributed by atoms with E-state index in [9.17, 15) is 9.59 Å². The van der Waals surface area contributed by atoms with Gasteiger partial charge in [-0.05, 0) is 18.6 Å². The maximum Gasteiger partial charge on any atom is 0.265 e. The van der Waals surface area contributed by atoms with Crippen LogP contribution < -0.4 is 10.9 Å². The van der Waals surface area contributed by atoms with Gasteiger partial charge in [-0.2, -0.15) is 0 Å². The number of hydrogen-bond acceptors (Lipinski definition) is 3. The predicted molar refractivity (Wildman–Crippen MR) is 83.4 cm³/mol. The van der Waals surface area contributed by atoms with Crippen LogP contribution in [0.15, 0.2) is 23.1 Å².